The quantitative estimate of drug-likeness (QED) is 0.756. The third-order valence-corrected chi connectivity index (χ3v) is 2.71. The maximum absolute atomic E-state index is 9.19. The molecule has 0 aromatic heterocycles. The Bertz CT molecular complexity index is 477. The summed E-state index contributed by atoms with van der Waals surface area (Å²) in [6.45, 7) is 0. The van der Waals surface area contributed by atoms with Crippen LogP contribution in [-0.2, 0) is 6.42 Å². The first-order valence-electron chi connectivity index (χ1n) is 5.47. The summed E-state index contributed by atoms with van der Waals surface area (Å²) in [7, 11) is 0. The van der Waals surface area contributed by atoms with E-state index >= 15 is 0 Å². The molecule has 2 aromatic rings. The van der Waals surface area contributed by atoms with Gasteiger partial charge in [0.05, 0.1) is 0 Å². The van der Waals surface area contributed by atoms with Crippen molar-refractivity contribution >= 4 is 0 Å². The fourth-order valence-corrected chi connectivity index (χ4v) is 1.73. The van der Waals surface area contributed by atoms with Gasteiger partial charge >= 0.3 is 0 Å². The summed E-state index contributed by atoms with van der Waals surface area (Å²) in [5.74, 6) is 0.498. The van der Waals surface area contributed by atoms with E-state index in [1.165, 1.54) is 0 Å². The molecule has 0 saturated carbocycles. The minimum Gasteiger partial charge on any atom is -0.508 e. The normalized spacial score (nSPS) is 12.3. The molecule has 4 N–H and O–H groups in total. The third-order valence-electron chi connectivity index (χ3n) is 2.71. The fraction of sp³-hybridized carbons (Fsp3) is 0.143. The predicted molar refractivity (Wildman–Crippen MR) is 66.8 cm³/mol. The molecule has 0 aliphatic carbocycles. The van der Waals surface area contributed by atoms with Crippen LogP contribution in [0.25, 0.3) is 0 Å². The van der Waals surface area contributed by atoms with Gasteiger partial charge in [-0.2, -0.15) is 0 Å². The minimum absolute atomic E-state index is 0.111. The molecule has 1 unspecified atom stereocenters. The molecule has 0 heterocycles. The zero-order valence-electron chi connectivity index (χ0n) is 9.38. The number of phenolic OH excluding ortho intramolecular Hbond substituents is 2. The Morgan fingerprint density at radius 3 is 1.82 bits per heavy atom. The second-order valence-corrected chi connectivity index (χ2v) is 4.07. The van der Waals surface area contributed by atoms with Gasteiger partial charge in [0.25, 0.3) is 0 Å². The van der Waals surface area contributed by atoms with Crippen molar-refractivity contribution in [3.05, 3.63) is 59.7 Å². The lowest BCUT2D eigenvalue weighted by Crippen LogP contribution is -2.13. The molecule has 0 fully saturated rings. The third kappa shape index (κ3) is 2.98. The van der Waals surface area contributed by atoms with Crippen molar-refractivity contribution < 1.29 is 10.2 Å². The number of nitrogens with two attached hydrogens (primary N) is 1. The molecular weight excluding hydrogens is 214 g/mol. The second kappa shape index (κ2) is 4.89. The van der Waals surface area contributed by atoms with Gasteiger partial charge < -0.3 is 15.9 Å². The van der Waals surface area contributed by atoms with Crippen LogP contribution < -0.4 is 5.73 Å². The van der Waals surface area contributed by atoms with Crippen LogP contribution >= 0.6 is 0 Å². The van der Waals surface area contributed by atoms with Gasteiger partial charge in [-0.25, -0.2) is 0 Å². The average Bonchev–Trinajstić information content (AvgIpc) is 2.33. The number of aromatic hydroxyl groups is 2. The molecule has 3 heteroatoms. The summed E-state index contributed by atoms with van der Waals surface area (Å²) in [6, 6.07) is 13.8. The molecule has 0 bridgehead atoms. The molecule has 88 valence electrons. The fourth-order valence-electron chi connectivity index (χ4n) is 1.73. The van der Waals surface area contributed by atoms with Crippen LogP contribution in [0.3, 0.4) is 0 Å². The van der Waals surface area contributed by atoms with E-state index in [1.54, 1.807) is 24.3 Å². The van der Waals surface area contributed by atoms with Crippen molar-refractivity contribution in [3.8, 4) is 11.5 Å². The number of hydrogen-bond acceptors (Lipinski definition) is 3. The highest BCUT2D eigenvalue weighted by Crippen LogP contribution is 2.19. The van der Waals surface area contributed by atoms with Crippen LogP contribution in [0.15, 0.2) is 48.5 Å². The van der Waals surface area contributed by atoms with E-state index < -0.39 is 0 Å². The van der Waals surface area contributed by atoms with E-state index in [-0.39, 0.29) is 17.5 Å². The van der Waals surface area contributed by atoms with E-state index in [4.69, 9.17) is 5.73 Å². The summed E-state index contributed by atoms with van der Waals surface area (Å²) in [4.78, 5) is 0. The van der Waals surface area contributed by atoms with Gasteiger partial charge in [-0.3, -0.25) is 0 Å². The van der Waals surface area contributed by atoms with Crippen LogP contribution in [0.2, 0.25) is 0 Å². The zero-order chi connectivity index (χ0) is 12.3. The Morgan fingerprint density at radius 2 is 1.29 bits per heavy atom. The Balaban J connectivity index is 2.08. The maximum Gasteiger partial charge on any atom is 0.115 e. The van der Waals surface area contributed by atoms with Crippen LogP contribution in [0.1, 0.15) is 17.2 Å². The van der Waals surface area contributed by atoms with Gasteiger partial charge in [-0.15, -0.1) is 0 Å². The Labute approximate surface area is 100 Å². The Kier molecular flexibility index (Phi) is 3.30. The van der Waals surface area contributed by atoms with Crippen LogP contribution in [0, 0.1) is 0 Å². The SMILES string of the molecule is NC(Cc1ccc(O)cc1)c1ccc(O)cc1. The second-order valence-electron chi connectivity index (χ2n) is 4.07. The molecule has 0 spiro atoms. The molecule has 2 rings (SSSR count). The molecule has 0 saturated heterocycles. The largest absolute Gasteiger partial charge is 0.508 e. The standard InChI is InChI=1S/C14H15NO2/c15-14(11-3-7-13(17)8-4-11)9-10-1-5-12(16)6-2-10/h1-8,14,16-17H,9,15H2. The number of benzene rings is 2. The summed E-state index contributed by atoms with van der Waals surface area (Å²) >= 11 is 0. The smallest absolute Gasteiger partial charge is 0.115 e. The van der Waals surface area contributed by atoms with Crippen molar-refractivity contribution in [1.82, 2.24) is 0 Å². The van der Waals surface area contributed by atoms with Crippen molar-refractivity contribution in [2.75, 3.05) is 0 Å². The van der Waals surface area contributed by atoms with Crippen molar-refractivity contribution in [1.29, 1.82) is 0 Å². The van der Waals surface area contributed by atoms with Crippen LogP contribution in [0.4, 0.5) is 0 Å². The lowest BCUT2D eigenvalue weighted by atomic mass is 10.00. The lowest BCUT2D eigenvalue weighted by molar-refractivity contribution is 0.474. The summed E-state index contributed by atoms with van der Waals surface area (Å²) in [5, 5.41) is 18.4. The molecule has 17 heavy (non-hydrogen) atoms. The number of hydrogen-bond donors (Lipinski definition) is 3. The molecule has 1 atom stereocenters. The maximum atomic E-state index is 9.19. The first-order chi connectivity index (χ1) is 8.15. The van der Waals surface area contributed by atoms with Crippen molar-refractivity contribution in [2.45, 2.75) is 12.5 Å². The van der Waals surface area contributed by atoms with Gasteiger partial charge in [0.2, 0.25) is 0 Å². The van der Waals surface area contributed by atoms with Crippen molar-refractivity contribution in [2.24, 2.45) is 5.73 Å². The average molecular weight is 229 g/mol. The zero-order valence-corrected chi connectivity index (χ0v) is 9.38. The van der Waals surface area contributed by atoms with Gasteiger partial charge in [0.1, 0.15) is 11.5 Å². The highest BCUT2D eigenvalue weighted by atomic mass is 16.3. The highest BCUT2D eigenvalue weighted by molar-refractivity contribution is 5.31. The molecule has 0 aliphatic rings. The summed E-state index contributed by atoms with van der Waals surface area (Å²) in [5.41, 5.74) is 8.13. The molecule has 0 radical (unpaired) electrons. The van der Waals surface area contributed by atoms with Crippen LogP contribution in [-0.4, -0.2) is 10.2 Å². The number of rotatable bonds is 3. The molecule has 0 aliphatic heterocycles. The van der Waals surface area contributed by atoms with Gasteiger partial charge in [-0.05, 0) is 41.8 Å². The highest BCUT2D eigenvalue weighted by Gasteiger charge is 2.07. The first kappa shape index (κ1) is 11.5. The number of phenols is 2. The predicted octanol–water partition coefficient (Wildman–Crippen LogP) is 2.34. The van der Waals surface area contributed by atoms with Gasteiger partial charge in [0, 0.05) is 6.04 Å². The summed E-state index contributed by atoms with van der Waals surface area (Å²) < 4.78 is 0. The van der Waals surface area contributed by atoms with E-state index in [2.05, 4.69) is 0 Å². The van der Waals surface area contributed by atoms with Gasteiger partial charge in [0.15, 0.2) is 0 Å². The molecule has 3 nitrogen and oxygen atoms in total. The van der Waals surface area contributed by atoms with Crippen LogP contribution in [0.5, 0.6) is 11.5 Å². The molecule has 0 amide bonds. The van der Waals surface area contributed by atoms with Crippen molar-refractivity contribution in [3.63, 3.8) is 0 Å². The minimum atomic E-state index is -0.111. The topological polar surface area (TPSA) is 66.5 Å². The lowest BCUT2D eigenvalue weighted by Gasteiger charge is -2.12. The van der Waals surface area contributed by atoms with E-state index in [0.29, 0.717) is 6.42 Å². The van der Waals surface area contributed by atoms with E-state index in [9.17, 15) is 10.2 Å². The van der Waals surface area contributed by atoms with Gasteiger partial charge in [-0.1, -0.05) is 24.3 Å². The molecule has 2 aromatic carbocycles. The van der Waals surface area contributed by atoms with E-state index in [0.717, 1.165) is 11.1 Å². The molecular formula is C14H15NO2. The van der Waals surface area contributed by atoms with E-state index in [1.807, 2.05) is 24.3 Å². The summed E-state index contributed by atoms with van der Waals surface area (Å²) in [6.07, 6.45) is 0.699. The monoisotopic (exact) mass is 229 g/mol. The Hall–Kier alpha value is -2.00. The first-order valence-corrected chi connectivity index (χ1v) is 5.47. The Morgan fingerprint density at radius 1 is 0.824 bits per heavy atom.